The molecule has 1 aromatic carbocycles. The maximum absolute atomic E-state index is 12.4. The van der Waals surface area contributed by atoms with Gasteiger partial charge in [-0.05, 0) is 49.2 Å². The summed E-state index contributed by atoms with van der Waals surface area (Å²) in [7, 11) is 0. The average molecular weight is 545 g/mol. The predicted octanol–water partition coefficient (Wildman–Crippen LogP) is 3.08. The van der Waals surface area contributed by atoms with Crippen LogP contribution in [0, 0.1) is 0 Å². The number of anilines is 3. The molecule has 4 aromatic rings. The minimum atomic E-state index is -0.908. The van der Waals surface area contributed by atoms with Gasteiger partial charge in [-0.2, -0.15) is 0 Å². The van der Waals surface area contributed by atoms with Gasteiger partial charge in [-0.25, -0.2) is 24.2 Å². The lowest BCUT2D eigenvalue weighted by Gasteiger charge is -2.30. The Morgan fingerprint density at radius 1 is 0.900 bits per heavy atom. The zero-order valence-electron chi connectivity index (χ0n) is 21.6. The van der Waals surface area contributed by atoms with Crippen LogP contribution >= 0.6 is 0 Å². The second-order valence-electron chi connectivity index (χ2n) is 9.57. The number of ether oxygens (including phenoxy) is 1. The lowest BCUT2D eigenvalue weighted by molar-refractivity contribution is 0.122. The van der Waals surface area contributed by atoms with Crippen molar-refractivity contribution in [1.29, 1.82) is 0 Å². The van der Waals surface area contributed by atoms with Crippen LogP contribution in [0.4, 0.5) is 26.8 Å². The molecule has 40 heavy (non-hydrogen) atoms. The first-order valence-corrected chi connectivity index (χ1v) is 13.1. The molecular weight excluding hydrogens is 516 g/mol. The van der Waals surface area contributed by atoms with Crippen molar-refractivity contribution < 1.29 is 19.4 Å². The fourth-order valence-electron chi connectivity index (χ4n) is 4.92. The lowest BCUT2D eigenvalue weighted by atomic mass is 10.1. The highest BCUT2D eigenvalue weighted by Crippen LogP contribution is 2.31. The molecule has 3 aromatic heterocycles. The molecule has 2 saturated heterocycles. The molecule has 0 spiro atoms. The standard InChI is InChI=1S/C26H28N10O4/c37-25(29-19-5-9-27-10-6-19)28-18-3-1-17(2-4-18)22-30-23(34-13-15-40-16-14-34)21-24(31-22)36(33-32-21)20-7-11-35(12-8-20)26(38)39/h1-6,9-10,20H,7-8,11-16H2,(H,38,39)(H2,27,28,29,37). The Labute approximate surface area is 229 Å². The highest BCUT2D eigenvalue weighted by atomic mass is 16.5. The molecule has 14 heteroatoms. The number of morpholine rings is 1. The number of fused-ring (bicyclic) bond motifs is 1. The van der Waals surface area contributed by atoms with Crippen LogP contribution in [0.5, 0.6) is 0 Å². The van der Waals surface area contributed by atoms with Crippen LogP contribution in [-0.4, -0.2) is 91.5 Å². The van der Waals surface area contributed by atoms with Crippen molar-refractivity contribution in [2.75, 3.05) is 54.9 Å². The van der Waals surface area contributed by atoms with E-state index in [1.54, 1.807) is 36.7 Å². The molecule has 5 heterocycles. The molecule has 2 aliphatic rings. The van der Waals surface area contributed by atoms with Crippen LogP contribution in [-0.2, 0) is 4.74 Å². The topological polar surface area (TPSA) is 164 Å². The number of hydrogen-bond donors (Lipinski definition) is 3. The van der Waals surface area contributed by atoms with E-state index in [0.29, 0.717) is 86.4 Å². The van der Waals surface area contributed by atoms with Gasteiger partial charge in [-0.15, -0.1) is 5.10 Å². The van der Waals surface area contributed by atoms with Crippen molar-refractivity contribution in [2.24, 2.45) is 0 Å². The van der Waals surface area contributed by atoms with Crippen molar-refractivity contribution in [3.63, 3.8) is 0 Å². The van der Waals surface area contributed by atoms with E-state index < -0.39 is 6.09 Å². The van der Waals surface area contributed by atoms with Gasteiger partial charge in [0.25, 0.3) is 0 Å². The monoisotopic (exact) mass is 544 g/mol. The number of amides is 3. The molecule has 0 bridgehead atoms. The summed E-state index contributed by atoms with van der Waals surface area (Å²) < 4.78 is 7.35. The van der Waals surface area contributed by atoms with Crippen molar-refractivity contribution in [3.05, 3.63) is 48.8 Å². The van der Waals surface area contributed by atoms with Crippen LogP contribution in [0.2, 0.25) is 0 Å². The van der Waals surface area contributed by atoms with E-state index in [0.717, 1.165) is 5.56 Å². The number of nitrogens with one attached hydrogen (secondary N) is 2. The maximum atomic E-state index is 12.4. The van der Waals surface area contributed by atoms with Gasteiger partial charge in [0.15, 0.2) is 22.8 Å². The Kier molecular flexibility index (Phi) is 7.06. The first-order valence-electron chi connectivity index (χ1n) is 13.1. The largest absolute Gasteiger partial charge is 0.465 e. The number of likely N-dealkylation sites (tertiary alicyclic amines) is 1. The third-order valence-corrected chi connectivity index (χ3v) is 7.04. The number of carboxylic acid groups (broad SMARTS) is 1. The summed E-state index contributed by atoms with van der Waals surface area (Å²) in [5, 5.41) is 23.8. The predicted molar refractivity (Wildman–Crippen MR) is 146 cm³/mol. The molecule has 0 unspecified atom stereocenters. The number of carbonyl (C=O) groups excluding carboxylic acids is 1. The molecule has 3 amide bonds. The number of benzene rings is 1. The summed E-state index contributed by atoms with van der Waals surface area (Å²) >= 11 is 0. The Balaban J connectivity index is 1.28. The van der Waals surface area contributed by atoms with Crippen LogP contribution in [0.25, 0.3) is 22.6 Å². The number of hydrogen-bond acceptors (Lipinski definition) is 9. The molecule has 3 N–H and O–H groups in total. The van der Waals surface area contributed by atoms with E-state index in [-0.39, 0.29) is 12.1 Å². The van der Waals surface area contributed by atoms with E-state index in [2.05, 4.69) is 30.8 Å². The molecule has 0 radical (unpaired) electrons. The van der Waals surface area contributed by atoms with Crippen LogP contribution in [0.15, 0.2) is 48.8 Å². The van der Waals surface area contributed by atoms with E-state index in [1.165, 1.54) is 4.90 Å². The summed E-state index contributed by atoms with van der Waals surface area (Å²) in [5.74, 6) is 1.20. The van der Waals surface area contributed by atoms with E-state index >= 15 is 0 Å². The van der Waals surface area contributed by atoms with E-state index in [9.17, 15) is 14.7 Å². The fraction of sp³-hybridized carbons (Fsp3) is 0.346. The van der Waals surface area contributed by atoms with Gasteiger partial charge < -0.3 is 30.3 Å². The second kappa shape index (κ2) is 11.1. The minimum absolute atomic E-state index is 0.0219. The highest BCUT2D eigenvalue weighted by Gasteiger charge is 2.28. The van der Waals surface area contributed by atoms with Crippen LogP contribution in [0.1, 0.15) is 18.9 Å². The van der Waals surface area contributed by atoms with Crippen LogP contribution in [0.3, 0.4) is 0 Å². The molecule has 0 atom stereocenters. The van der Waals surface area contributed by atoms with Crippen LogP contribution < -0.4 is 15.5 Å². The summed E-state index contributed by atoms with van der Waals surface area (Å²) in [4.78, 5) is 41.0. The number of nitrogens with zero attached hydrogens (tertiary/aromatic N) is 8. The number of rotatable bonds is 5. The van der Waals surface area contributed by atoms with Crippen molar-refractivity contribution in [1.82, 2.24) is 34.8 Å². The summed E-state index contributed by atoms with van der Waals surface area (Å²) in [6, 6.07) is 10.3. The zero-order chi connectivity index (χ0) is 27.5. The van der Waals surface area contributed by atoms with Crippen molar-refractivity contribution >= 4 is 40.5 Å². The zero-order valence-corrected chi connectivity index (χ0v) is 21.6. The second-order valence-corrected chi connectivity index (χ2v) is 9.57. The third-order valence-electron chi connectivity index (χ3n) is 7.04. The number of urea groups is 1. The van der Waals surface area contributed by atoms with Gasteiger partial charge in [0, 0.05) is 55.5 Å². The molecule has 6 rings (SSSR count). The van der Waals surface area contributed by atoms with Gasteiger partial charge in [0.05, 0.1) is 19.3 Å². The Hall–Kier alpha value is -4.85. The maximum Gasteiger partial charge on any atom is 0.407 e. The smallest absolute Gasteiger partial charge is 0.407 e. The first kappa shape index (κ1) is 25.4. The molecule has 14 nitrogen and oxygen atoms in total. The van der Waals surface area contributed by atoms with Crippen molar-refractivity contribution in [3.8, 4) is 11.4 Å². The van der Waals surface area contributed by atoms with Crippen molar-refractivity contribution in [2.45, 2.75) is 18.9 Å². The van der Waals surface area contributed by atoms with Gasteiger partial charge in [-0.1, -0.05) is 5.21 Å². The van der Waals surface area contributed by atoms with E-state index in [1.807, 2.05) is 16.8 Å². The first-order chi connectivity index (χ1) is 19.5. The fourth-order valence-corrected chi connectivity index (χ4v) is 4.92. The summed E-state index contributed by atoms with van der Waals surface area (Å²) in [5.41, 5.74) is 3.24. The summed E-state index contributed by atoms with van der Waals surface area (Å²) in [6.07, 6.45) is 3.55. The van der Waals surface area contributed by atoms with Gasteiger partial charge in [-0.3, -0.25) is 4.98 Å². The lowest BCUT2D eigenvalue weighted by Crippen LogP contribution is -2.38. The molecule has 2 fully saturated rings. The summed E-state index contributed by atoms with van der Waals surface area (Å²) in [6.45, 7) is 3.38. The van der Waals surface area contributed by atoms with Gasteiger partial charge in [0.1, 0.15) is 0 Å². The highest BCUT2D eigenvalue weighted by molar-refractivity contribution is 5.99. The number of aromatic nitrogens is 6. The number of piperidine rings is 1. The molecule has 0 aliphatic carbocycles. The third kappa shape index (κ3) is 5.33. The Morgan fingerprint density at radius 3 is 2.25 bits per heavy atom. The quantitative estimate of drug-likeness (QED) is 0.340. The molecule has 2 aliphatic heterocycles. The van der Waals surface area contributed by atoms with Gasteiger partial charge >= 0.3 is 12.1 Å². The molecular formula is C26H28N10O4. The average Bonchev–Trinajstić information content (AvgIpc) is 3.42. The number of pyridine rings is 1. The molecule has 206 valence electrons. The Bertz CT molecular complexity index is 1500. The minimum Gasteiger partial charge on any atom is -0.465 e. The van der Waals surface area contributed by atoms with E-state index in [4.69, 9.17) is 14.7 Å². The number of carbonyl (C=O) groups is 2. The SMILES string of the molecule is O=C(Nc1ccncc1)Nc1ccc(-c2nc(N3CCOCC3)c3nnn(C4CCN(C(=O)O)CC4)c3n2)cc1. The van der Waals surface area contributed by atoms with Gasteiger partial charge in [0.2, 0.25) is 0 Å². The normalized spacial score (nSPS) is 16.2. The Morgan fingerprint density at radius 2 is 1.57 bits per heavy atom. The molecule has 0 saturated carbocycles.